The predicted molar refractivity (Wildman–Crippen MR) is 107 cm³/mol. The average Bonchev–Trinajstić information content (AvgIpc) is 3.37. The maximum absolute atomic E-state index is 12.9. The summed E-state index contributed by atoms with van der Waals surface area (Å²) in [4.78, 5) is 17.4. The summed E-state index contributed by atoms with van der Waals surface area (Å²) in [5.74, 6) is -0.254. The molecule has 1 amide bonds. The number of ether oxygens (including phenoxy) is 1. The van der Waals surface area contributed by atoms with E-state index in [1.54, 1.807) is 12.3 Å². The number of carbonyl (C=O) groups is 1. The Labute approximate surface area is 164 Å². The lowest BCUT2D eigenvalue weighted by Crippen LogP contribution is -2.30. The Hall–Kier alpha value is -2.60. The van der Waals surface area contributed by atoms with Gasteiger partial charge >= 0.3 is 0 Å². The van der Waals surface area contributed by atoms with Gasteiger partial charge in [0.05, 0.1) is 18.9 Å². The first-order chi connectivity index (χ1) is 13.3. The monoisotopic (exact) mass is 381 g/mol. The highest BCUT2D eigenvalue weighted by atomic mass is 16.5. The van der Waals surface area contributed by atoms with Gasteiger partial charge in [0.25, 0.3) is 5.91 Å². The van der Waals surface area contributed by atoms with Crippen molar-refractivity contribution in [2.75, 3.05) is 6.61 Å². The molecule has 1 aliphatic rings. The van der Waals surface area contributed by atoms with Crippen molar-refractivity contribution in [3.05, 3.63) is 53.3 Å². The lowest BCUT2D eigenvalue weighted by atomic mass is 9.92. The lowest BCUT2D eigenvalue weighted by Gasteiger charge is -2.21. The largest absolute Gasteiger partial charge is 0.464 e. The van der Waals surface area contributed by atoms with Gasteiger partial charge in [-0.3, -0.25) is 14.2 Å². The number of benzene rings is 1. The topological polar surface area (TPSA) is 61.7 Å². The molecule has 28 heavy (non-hydrogen) atoms. The normalized spacial score (nSPS) is 18.3. The molecule has 6 nitrogen and oxygen atoms in total. The number of amides is 1. The Bertz CT molecular complexity index is 1070. The van der Waals surface area contributed by atoms with E-state index in [1.165, 1.54) is 0 Å². The minimum Gasteiger partial charge on any atom is -0.464 e. The van der Waals surface area contributed by atoms with E-state index in [2.05, 4.69) is 35.1 Å². The molecule has 148 valence electrons. The van der Waals surface area contributed by atoms with Crippen molar-refractivity contribution in [2.45, 2.75) is 51.7 Å². The average molecular weight is 381 g/mol. The Morgan fingerprint density at radius 1 is 1.25 bits per heavy atom. The van der Waals surface area contributed by atoms with Crippen molar-refractivity contribution in [1.82, 2.24) is 9.36 Å². The second-order valence-corrected chi connectivity index (χ2v) is 8.47. The van der Waals surface area contributed by atoms with E-state index in [-0.39, 0.29) is 17.4 Å². The van der Waals surface area contributed by atoms with Crippen LogP contribution in [-0.2, 0) is 23.7 Å². The standard InChI is InChI=1S/C22H27N3O3/c1-22(2,3)19-13-20(25(24(19)4)14-17-6-5-10-27-17)23-21(26)16-7-8-18-15(12-16)9-11-28-18/h7-9,11-13,17H,5-6,10,14H2,1-4H3/t17-/m1/s1. The molecule has 3 heterocycles. The highest BCUT2D eigenvalue weighted by Gasteiger charge is 2.23. The molecule has 1 atom stereocenters. The minimum absolute atomic E-state index is 0.0560. The third-order valence-electron chi connectivity index (χ3n) is 5.33. The number of rotatable bonds is 3. The third-order valence-corrected chi connectivity index (χ3v) is 5.33. The molecule has 1 aromatic carbocycles. The van der Waals surface area contributed by atoms with Gasteiger partial charge in [-0.15, -0.1) is 0 Å². The molecule has 0 unspecified atom stereocenters. The van der Waals surface area contributed by atoms with Crippen molar-refractivity contribution in [2.24, 2.45) is 12.0 Å². The van der Waals surface area contributed by atoms with E-state index < -0.39 is 0 Å². The highest BCUT2D eigenvalue weighted by molar-refractivity contribution is 5.98. The second-order valence-electron chi connectivity index (χ2n) is 8.47. The number of hydrogen-bond donors (Lipinski definition) is 0. The summed E-state index contributed by atoms with van der Waals surface area (Å²) in [6, 6.07) is 9.26. The molecular formula is C22H27N3O3. The molecule has 1 aliphatic heterocycles. The summed E-state index contributed by atoms with van der Waals surface area (Å²) in [6.45, 7) is 7.99. The maximum Gasteiger partial charge on any atom is 0.279 e. The van der Waals surface area contributed by atoms with Crippen LogP contribution in [0.5, 0.6) is 0 Å². The van der Waals surface area contributed by atoms with E-state index in [0.717, 1.165) is 36.1 Å². The number of carbonyl (C=O) groups excluding carboxylic acids is 1. The Morgan fingerprint density at radius 2 is 2.07 bits per heavy atom. The molecule has 2 aromatic heterocycles. The van der Waals surface area contributed by atoms with Crippen molar-refractivity contribution in [3.63, 3.8) is 0 Å². The van der Waals surface area contributed by atoms with Crippen LogP contribution >= 0.6 is 0 Å². The van der Waals surface area contributed by atoms with E-state index in [0.29, 0.717) is 17.6 Å². The molecule has 4 rings (SSSR count). The highest BCUT2D eigenvalue weighted by Crippen LogP contribution is 2.22. The van der Waals surface area contributed by atoms with E-state index in [1.807, 2.05) is 31.3 Å². The first-order valence-electron chi connectivity index (χ1n) is 9.78. The number of nitrogens with zero attached hydrogens (tertiary/aromatic N) is 3. The van der Waals surface area contributed by atoms with Crippen LogP contribution in [0.2, 0.25) is 0 Å². The fourth-order valence-electron chi connectivity index (χ4n) is 3.83. The minimum atomic E-state index is -0.254. The van der Waals surface area contributed by atoms with Crippen molar-refractivity contribution in [3.8, 4) is 0 Å². The van der Waals surface area contributed by atoms with Gasteiger partial charge in [0.15, 0.2) is 5.49 Å². The summed E-state index contributed by atoms with van der Waals surface area (Å²) < 4.78 is 15.3. The van der Waals surface area contributed by atoms with Gasteiger partial charge in [-0.05, 0) is 37.1 Å². The zero-order valence-corrected chi connectivity index (χ0v) is 16.9. The van der Waals surface area contributed by atoms with Crippen LogP contribution in [0.3, 0.4) is 0 Å². The molecule has 0 N–H and O–H groups in total. The number of fused-ring (bicyclic) bond motifs is 1. The first kappa shape index (κ1) is 18.7. The molecule has 0 spiro atoms. The van der Waals surface area contributed by atoms with E-state index in [9.17, 15) is 4.79 Å². The summed E-state index contributed by atoms with van der Waals surface area (Å²) in [5, 5.41) is 0.900. The maximum atomic E-state index is 12.9. The second kappa shape index (κ2) is 7.09. The zero-order valence-electron chi connectivity index (χ0n) is 16.9. The fourth-order valence-corrected chi connectivity index (χ4v) is 3.83. The number of furan rings is 1. The first-order valence-corrected chi connectivity index (χ1v) is 9.78. The van der Waals surface area contributed by atoms with Crippen LogP contribution in [0, 0.1) is 0 Å². The summed E-state index contributed by atoms with van der Waals surface area (Å²) in [7, 11) is 2.02. The molecule has 0 bridgehead atoms. The van der Waals surface area contributed by atoms with Crippen molar-refractivity contribution >= 4 is 16.9 Å². The van der Waals surface area contributed by atoms with E-state index >= 15 is 0 Å². The molecule has 0 radical (unpaired) electrons. The van der Waals surface area contributed by atoms with Crippen LogP contribution in [0.1, 0.15) is 49.7 Å². The molecule has 3 aromatic rings. The van der Waals surface area contributed by atoms with Crippen LogP contribution in [-0.4, -0.2) is 28.0 Å². The van der Waals surface area contributed by atoms with Gasteiger partial charge in [0.1, 0.15) is 5.58 Å². The van der Waals surface area contributed by atoms with Gasteiger partial charge in [-0.2, -0.15) is 4.99 Å². The van der Waals surface area contributed by atoms with Crippen molar-refractivity contribution in [1.29, 1.82) is 0 Å². The fraction of sp³-hybridized carbons (Fsp3) is 0.455. The molecule has 1 fully saturated rings. The Balaban J connectivity index is 1.76. The smallest absolute Gasteiger partial charge is 0.279 e. The van der Waals surface area contributed by atoms with Crippen LogP contribution in [0.15, 0.2) is 46.0 Å². The Kier molecular flexibility index (Phi) is 4.75. The molecule has 0 aliphatic carbocycles. The molecule has 6 heteroatoms. The zero-order chi connectivity index (χ0) is 19.9. The van der Waals surface area contributed by atoms with Gasteiger partial charge in [0.2, 0.25) is 0 Å². The Morgan fingerprint density at radius 3 is 2.79 bits per heavy atom. The molecule has 0 saturated carbocycles. The summed E-state index contributed by atoms with van der Waals surface area (Å²) in [5.41, 5.74) is 3.06. The quantitative estimate of drug-likeness (QED) is 0.693. The SMILES string of the molecule is Cn1c(C(C)(C)C)cc(=NC(=O)c2ccc3occc3c2)n1C[C@H]1CCCO1. The van der Waals surface area contributed by atoms with Crippen LogP contribution in [0.4, 0.5) is 0 Å². The predicted octanol–water partition coefficient (Wildman–Crippen LogP) is 3.79. The summed E-state index contributed by atoms with van der Waals surface area (Å²) in [6.07, 6.45) is 3.90. The number of aromatic nitrogens is 2. The van der Waals surface area contributed by atoms with Crippen LogP contribution in [0.25, 0.3) is 11.0 Å². The van der Waals surface area contributed by atoms with Gasteiger partial charge in [0, 0.05) is 41.8 Å². The third kappa shape index (κ3) is 3.56. The lowest BCUT2D eigenvalue weighted by molar-refractivity contribution is 0.0885. The van der Waals surface area contributed by atoms with Crippen LogP contribution < -0.4 is 5.49 Å². The van der Waals surface area contributed by atoms with Gasteiger partial charge < -0.3 is 9.15 Å². The van der Waals surface area contributed by atoms with Crippen molar-refractivity contribution < 1.29 is 13.9 Å². The summed E-state index contributed by atoms with van der Waals surface area (Å²) >= 11 is 0. The van der Waals surface area contributed by atoms with E-state index in [4.69, 9.17) is 9.15 Å². The van der Waals surface area contributed by atoms with Gasteiger partial charge in [-0.25, -0.2) is 0 Å². The molecular weight excluding hydrogens is 354 g/mol. The molecule has 1 saturated heterocycles. The van der Waals surface area contributed by atoms with Gasteiger partial charge in [-0.1, -0.05) is 20.8 Å². The number of hydrogen-bond acceptors (Lipinski definition) is 3.